The zero-order valence-corrected chi connectivity index (χ0v) is 15.1. The highest BCUT2D eigenvalue weighted by molar-refractivity contribution is 7.15. The van der Waals surface area contributed by atoms with Gasteiger partial charge in [-0.3, -0.25) is 10.1 Å². The maximum atomic E-state index is 12.3. The smallest absolute Gasteiger partial charge is 0.253 e. The molecule has 0 aliphatic carbocycles. The summed E-state index contributed by atoms with van der Waals surface area (Å²) in [4.78, 5) is 17.8. The van der Waals surface area contributed by atoms with Crippen molar-refractivity contribution in [1.82, 2.24) is 4.98 Å². The lowest BCUT2D eigenvalue weighted by Crippen LogP contribution is -2.12. The van der Waals surface area contributed by atoms with Crippen molar-refractivity contribution in [2.75, 3.05) is 5.32 Å². The van der Waals surface area contributed by atoms with Gasteiger partial charge in [0.15, 0.2) is 5.13 Å². The lowest BCUT2D eigenvalue weighted by Gasteiger charge is -2.03. The molecule has 2 aromatic carbocycles. The second kappa shape index (κ2) is 7.90. The zero-order chi connectivity index (χ0) is 17.6. The van der Waals surface area contributed by atoms with Crippen molar-refractivity contribution < 1.29 is 4.79 Å². The van der Waals surface area contributed by atoms with Gasteiger partial charge in [0, 0.05) is 23.1 Å². The minimum atomic E-state index is -0.124. The first kappa shape index (κ1) is 17.1. The normalized spacial score (nSPS) is 11.4. The van der Waals surface area contributed by atoms with Crippen molar-refractivity contribution >= 4 is 28.5 Å². The van der Waals surface area contributed by atoms with Gasteiger partial charge in [-0.1, -0.05) is 54.6 Å². The lowest BCUT2D eigenvalue weighted by molar-refractivity contribution is -0.112. The van der Waals surface area contributed by atoms with Crippen molar-refractivity contribution in [2.45, 2.75) is 20.3 Å². The number of carbonyl (C=O) groups is 1. The van der Waals surface area contributed by atoms with Gasteiger partial charge in [-0.25, -0.2) is 4.98 Å². The number of nitrogens with zero attached hydrogens (tertiary/aromatic N) is 1. The van der Waals surface area contributed by atoms with Gasteiger partial charge >= 0.3 is 0 Å². The minimum absolute atomic E-state index is 0.124. The number of amides is 1. The minimum Gasteiger partial charge on any atom is -0.298 e. The van der Waals surface area contributed by atoms with Crippen LogP contribution in [0.1, 0.15) is 28.5 Å². The summed E-state index contributed by atoms with van der Waals surface area (Å²) in [6.07, 6.45) is 4.54. The number of aryl methyl sites for hydroxylation is 1. The molecule has 0 unspecified atom stereocenters. The Morgan fingerprint density at radius 2 is 1.84 bits per heavy atom. The molecule has 0 bridgehead atoms. The summed E-state index contributed by atoms with van der Waals surface area (Å²) < 4.78 is 0. The van der Waals surface area contributed by atoms with E-state index in [0.29, 0.717) is 10.7 Å². The summed E-state index contributed by atoms with van der Waals surface area (Å²) in [7, 11) is 0. The maximum absolute atomic E-state index is 12.3. The van der Waals surface area contributed by atoms with E-state index in [0.717, 1.165) is 16.9 Å². The Morgan fingerprint density at radius 1 is 1.12 bits per heavy atom. The molecule has 0 spiro atoms. The molecule has 1 N–H and O–H groups in total. The number of rotatable bonds is 5. The molecule has 0 atom stereocenters. The topological polar surface area (TPSA) is 42.0 Å². The van der Waals surface area contributed by atoms with E-state index in [1.54, 1.807) is 0 Å². The summed E-state index contributed by atoms with van der Waals surface area (Å²) in [6, 6.07) is 18.1. The standard InChI is InChI=1S/C21H20N2OS/c1-15-8-6-7-11-18(15)13-19-14-22-21(25-19)23-20(24)16(2)12-17-9-4-3-5-10-17/h3-12,14H,13H2,1-2H3,(H,22,23,24)/b16-12+. The predicted molar refractivity (Wildman–Crippen MR) is 105 cm³/mol. The monoisotopic (exact) mass is 348 g/mol. The van der Waals surface area contributed by atoms with E-state index in [1.807, 2.05) is 61.7 Å². The Morgan fingerprint density at radius 3 is 2.60 bits per heavy atom. The fraction of sp³-hybridized carbons (Fsp3) is 0.143. The van der Waals surface area contributed by atoms with Crippen molar-refractivity contribution in [3.63, 3.8) is 0 Å². The van der Waals surface area contributed by atoms with Gasteiger partial charge < -0.3 is 0 Å². The first-order valence-corrected chi connectivity index (χ1v) is 8.97. The molecule has 0 fully saturated rings. The first-order chi connectivity index (χ1) is 12.1. The Hall–Kier alpha value is -2.72. The summed E-state index contributed by atoms with van der Waals surface area (Å²) >= 11 is 1.52. The molecule has 3 rings (SSSR count). The number of nitrogens with one attached hydrogen (secondary N) is 1. The van der Waals surface area contributed by atoms with Gasteiger partial charge in [-0.2, -0.15) is 0 Å². The van der Waals surface area contributed by atoms with Gasteiger partial charge in [-0.15, -0.1) is 11.3 Å². The van der Waals surface area contributed by atoms with E-state index in [1.165, 1.54) is 22.5 Å². The van der Waals surface area contributed by atoms with Crippen molar-refractivity contribution in [3.05, 3.63) is 87.9 Å². The van der Waals surface area contributed by atoms with Gasteiger partial charge in [-0.05, 0) is 36.6 Å². The van der Waals surface area contributed by atoms with Crippen LogP contribution in [-0.4, -0.2) is 10.9 Å². The van der Waals surface area contributed by atoms with Crippen LogP contribution in [0.25, 0.3) is 6.08 Å². The number of benzene rings is 2. The summed E-state index contributed by atoms with van der Waals surface area (Å²) in [5, 5.41) is 3.52. The zero-order valence-electron chi connectivity index (χ0n) is 14.3. The van der Waals surface area contributed by atoms with Crippen LogP contribution in [0.3, 0.4) is 0 Å². The van der Waals surface area contributed by atoms with Crippen LogP contribution in [0.15, 0.2) is 66.4 Å². The first-order valence-electron chi connectivity index (χ1n) is 8.16. The molecule has 1 heterocycles. The molecule has 0 aliphatic rings. The molecule has 3 nitrogen and oxygen atoms in total. The molecule has 3 aromatic rings. The van der Waals surface area contributed by atoms with Crippen molar-refractivity contribution in [2.24, 2.45) is 0 Å². The molecule has 126 valence electrons. The van der Waals surface area contributed by atoms with Crippen LogP contribution >= 0.6 is 11.3 Å². The third-order valence-corrected chi connectivity index (χ3v) is 4.85. The number of aromatic nitrogens is 1. The second-order valence-corrected chi connectivity index (χ2v) is 7.04. The molecule has 0 saturated heterocycles. The Labute approximate surface area is 152 Å². The number of hydrogen-bond donors (Lipinski definition) is 1. The van der Waals surface area contributed by atoms with Crippen molar-refractivity contribution in [1.29, 1.82) is 0 Å². The molecule has 1 amide bonds. The van der Waals surface area contributed by atoms with Crippen LogP contribution in [0, 0.1) is 6.92 Å². The van der Waals surface area contributed by atoms with E-state index < -0.39 is 0 Å². The van der Waals surface area contributed by atoms with Gasteiger partial charge in [0.05, 0.1) is 0 Å². The average Bonchev–Trinajstić information content (AvgIpc) is 3.05. The average molecular weight is 348 g/mol. The van der Waals surface area contributed by atoms with Gasteiger partial charge in [0.1, 0.15) is 0 Å². The molecule has 1 aromatic heterocycles. The highest BCUT2D eigenvalue weighted by Gasteiger charge is 2.09. The largest absolute Gasteiger partial charge is 0.298 e. The molecule has 0 saturated carbocycles. The molecule has 0 radical (unpaired) electrons. The quantitative estimate of drug-likeness (QED) is 0.653. The Kier molecular flexibility index (Phi) is 5.41. The molecule has 25 heavy (non-hydrogen) atoms. The lowest BCUT2D eigenvalue weighted by atomic mass is 10.1. The predicted octanol–water partition coefficient (Wildman–Crippen LogP) is 5.08. The van der Waals surface area contributed by atoms with Crippen LogP contribution in [-0.2, 0) is 11.2 Å². The number of thiazole rings is 1. The fourth-order valence-corrected chi connectivity index (χ4v) is 3.33. The summed E-state index contributed by atoms with van der Waals surface area (Å²) in [5.41, 5.74) is 4.21. The van der Waals surface area contributed by atoms with E-state index in [-0.39, 0.29) is 5.91 Å². The molecule has 4 heteroatoms. The number of carbonyl (C=O) groups excluding carboxylic acids is 1. The third kappa shape index (κ3) is 4.64. The van der Waals surface area contributed by atoms with Gasteiger partial charge in [0.25, 0.3) is 5.91 Å². The van der Waals surface area contributed by atoms with Crippen LogP contribution in [0.4, 0.5) is 5.13 Å². The van der Waals surface area contributed by atoms with Crippen molar-refractivity contribution in [3.8, 4) is 0 Å². The second-order valence-electron chi connectivity index (χ2n) is 5.93. The molecular weight excluding hydrogens is 328 g/mol. The Balaban J connectivity index is 1.66. The van der Waals surface area contributed by atoms with E-state index in [9.17, 15) is 4.79 Å². The van der Waals surface area contributed by atoms with Crippen LogP contribution < -0.4 is 5.32 Å². The highest BCUT2D eigenvalue weighted by Crippen LogP contribution is 2.23. The molecule has 0 aliphatic heterocycles. The third-order valence-electron chi connectivity index (χ3n) is 3.94. The summed E-state index contributed by atoms with van der Waals surface area (Å²) in [6.45, 7) is 3.92. The van der Waals surface area contributed by atoms with E-state index >= 15 is 0 Å². The van der Waals surface area contributed by atoms with E-state index in [2.05, 4.69) is 29.4 Å². The molecular formula is C21H20N2OS. The summed E-state index contributed by atoms with van der Waals surface area (Å²) in [5.74, 6) is -0.124. The Bertz CT molecular complexity index is 897. The maximum Gasteiger partial charge on any atom is 0.253 e. The highest BCUT2D eigenvalue weighted by atomic mass is 32.1. The van der Waals surface area contributed by atoms with Gasteiger partial charge in [0.2, 0.25) is 0 Å². The van der Waals surface area contributed by atoms with Crippen LogP contribution in [0.5, 0.6) is 0 Å². The van der Waals surface area contributed by atoms with Crippen LogP contribution in [0.2, 0.25) is 0 Å². The fourth-order valence-electron chi connectivity index (χ4n) is 2.50. The number of anilines is 1. The SMILES string of the molecule is C/C(=C\c1ccccc1)C(=O)Nc1ncc(Cc2ccccc2C)s1. The number of hydrogen-bond acceptors (Lipinski definition) is 3. The van der Waals surface area contributed by atoms with E-state index in [4.69, 9.17) is 0 Å².